The van der Waals surface area contributed by atoms with Crippen LogP contribution in [0.1, 0.15) is 32.6 Å². The second kappa shape index (κ2) is 3.58. The number of ether oxygens (including phenoxy) is 1. The summed E-state index contributed by atoms with van der Waals surface area (Å²) in [6, 6.07) is 0. The van der Waals surface area contributed by atoms with Crippen LogP contribution >= 0.6 is 0 Å². The van der Waals surface area contributed by atoms with E-state index in [2.05, 4.69) is 6.92 Å². The van der Waals surface area contributed by atoms with Crippen LogP contribution in [0.3, 0.4) is 0 Å². The minimum atomic E-state index is 0.400. The van der Waals surface area contributed by atoms with Crippen molar-refractivity contribution >= 4 is 5.78 Å². The molecular formula is C13H20O2. The molecule has 0 aromatic carbocycles. The molecule has 2 atom stereocenters. The van der Waals surface area contributed by atoms with E-state index in [1.165, 1.54) is 12.8 Å². The highest BCUT2D eigenvalue weighted by Gasteiger charge is 2.58. The minimum absolute atomic E-state index is 0.400. The summed E-state index contributed by atoms with van der Waals surface area (Å²) in [5.41, 5.74) is 0. The maximum Gasteiger partial charge on any atom is 0.139 e. The van der Waals surface area contributed by atoms with Gasteiger partial charge in [-0.25, -0.2) is 0 Å². The number of ketones is 1. The van der Waals surface area contributed by atoms with Crippen molar-refractivity contribution in [3.8, 4) is 0 Å². The van der Waals surface area contributed by atoms with Gasteiger partial charge in [0.2, 0.25) is 0 Å². The first-order valence-electron chi connectivity index (χ1n) is 6.39. The molecule has 0 aromatic rings. The molecule has 3 rings (SSSR count). The molecule has 0 aromatic heterocycles. The predicted molar refractivity (Wildman–Crippen MR) is 57.4 cm³/mol. The SMILES string of the molecule is CC1CCC(C(=O)C2C3COCC32)CC1. The first-order valence-corrected chi connectivity index (χ1v) is 6.39. The Bertz CT molecular complexity index is 256. The largest absolute Gasteiger partial charge is 0.381 e. The third kappa shape index (κ3) is 1.63. The molecule has 1 heterocycles. The monoisotopic (exact) mass is 208 g/mol. The van der Waals surface area contributed by atoms with Gasteiger partial charge in [-0.15, -0.1) is 0 Å². The molecular weight excluding hydrogens is 188 g/mol. The van der Waals surface area contributed by atoms with Gasteiger partial charge in [0.15, 0.2) is 0 Å². The highest BCUT2D eigenvalue weighted by atomic mass is 16.5. The van der Waals surface area contributed by atoms with E-state index in [9.17, 15) is 4.79 Å². The van der Waals surface area contributed by atoms with Crippen LogP contribution in [0.15, 0.2) is 0 Å². The first-order chi connectivity index (χ1) is 7.27. The van der Waals surface area contributed by atoms with Crippen molar-refractivity contribution in [2.75, 3.05) is 13.2 Å². The number of hydrogen-bond acceptors (Lipinski definition) is 2. The van der Waals surface area contributed by atoms with Crippen LogP contribution in [0.4, 0.5) is 0 Å². The predicted octanol–water partition coefficient (Wildman–Crippen LogP) is 2.27. The molecule has 0 N–H and O–H groups in total. The Hall–Kier alpha value is -0.370. The molecule has 0 radical (unpaired) electrons. The summed E-state index contributed by atoms with van der Waals surface area (Å²) in [7, 11) is 0. The van der Waals surface area contributed by atoms with Gasteiger partial charge in [0.25, 0.3) is 0 Å². The second-order valence-corrected chi connectivity index (χ2v) is 5.75. The zero-order chi connectivity index (χ0) is 10.4. The van der Waals surface area contributed by atoms with Gasteiger partial charge in [0, 0.05) is 11.8 Å². The summed E-state index contributed by atoms with van der Waals surface area (Å²) in [5.74, 6) is 3.44. The molecule has 3 aliphatic rings. The maximum absolute atomic E-state index is 12.2. The van der Waals surface area contributed by atoms with Crippen LogP contribution in [0.5, 0.6) is 0 Å². The molecule has 84 valence electrons. The van der Waals surface area contributed by atoms with E-state index in [0.29, 0.717) is 29.5 Å². The summed E-state index contributed by atoms with van der Waals surface area (Å²) >= 11 is 0. The summed E-state index contributed by atoms with van der Waals surface area (Å²) in [6.07, 6.45) is 4.82. The van der Waals surface area contributed by atoms with Gasteiger partial charge in [-0.2, -0.15) is 0 Å². The summed E-state index contributed by atoms with van der Waals surface area (Å²) < 4.78 is 5.34. The van der Waals surface area contributed by atoms with E-state index < -0.39 is 0 Å². The third-order valence-corrected chi connectivity index (χ3v) is 4.70. The molecule has 2 unspecified atom stereocenters. The number of carbonyl (C=O) groups is 1. The van der Waals surface area contributed by atoms with Gasteiger partial charge >= 0.3 is 0 Å². The van der Waals surface area contributed by atoms with Gasteiger partial charge in [-0.3, -0.25) is 4.79 Å². The molecule has 0 spiro atoms. The van der Waals surface area contributed by atoms with Crippen molar-refractivity contribution < 1.29 is 9.53 Å². The number of rotatable bonds is 2. The van der Waals surface area contributed by atoms with Crippen molar-refractivity contribution in [3.63, 3.8) is 0 Å². The molecule has 15 heavy (non-hydrogen) atoms. The van der Waals surface area contributed by atoms with Crippen molar-refractivity contribution in [2.45, 2.75) is 32.6 Å². The normalized spacial score (nSPS) is 48.7. The number of fused-ring (bicyclic) bond motifs is 1. The van der Waals surface area contributed by atoms with Crippen LogP contribution < -0.4 is 0 Å². The topological polar surface area (TPSA) is 26.3 Å². The van der Waals surface area contributed by atoms with Crippen molar-refractivity contribution in [2.24, 2.45) is 29.6 Å². The lowest BCUT2D eigenvalue weighted by Gasteiger charge is -2.25. The zero-order valence-electron chi connectivity index (χ0n) is 9.45. The van der Waals surface area contributed by atoms with E-state index >= 15 is 0 Å². The molecule has 2 saturated carbocycles. The Balaban J connectivity index is 1.57. The summed E-state index contributed by atoms with van der Waals surface area (Å²) in [4.78, 5) is 12.2. The maximum atomic E-state index is 12.2. The number of hydrogen-bond donors (Lipinski definition) is 0. The number of carbonyl (C=O) groups excluding carboxylic acids is 1. The van der Waals surface area contributed by atoms with Crippen LogP contribution in [0.2, 0.25) is 0 Å². The minimum Gasteiger partial charge on any atom is -0.381 e. The number of Topliss-reactive ketones (excluding diaryl/α,β-unsaturated/α-hetero) is 1. The average molecular weight is 208 g/mol. The van der Waals surface area contributed by atoms with Crippen LogP contribution in [0.25, 0.3) is 0 Å². The fourth-order valence-corrected chi connectivity index (χ4v) is 3.48. The smallest absolute Gasteiger partial charge is 0.139 e. The van der Waals surface area contributed by atoms with Gasteiger partial charge in [-0.1, -0.05) is 19.8 Å². The van der Waals surface area contributed by atoms with Crippen LogP contribution in [0, 0.1) is 29.6 Å². The van der Waals surface area contributed by atoms with Gasteiger partial charge in [-0.05, 0) is 30.6 Å². The third-order valence-electron chi connectivity index (χ3n) is 4.70. The van der Waals surface area contributed by atoms with Crippen molar-refractivity contribution in [1.29, 1.82) is 0 Å². The Morgan fingerprint density at radius 2 is 1.67 bits per heavy atom. The Labute approximate surface area is 91.4 Å². The zero-order valence-corrected chi connectivity index (χ0v) is 9.45. The molecule has 2 nitrogen and oxygen atoms in total. The lowest BCUT2D eigenvalue weighted by atomic mass is 9.79. The van der Waals surface area contributed by atoms with Gasteiger partial charge in [0.1, 0.15) is 5.78 Å². The van der Waals surface area contributed by atoms with E-state index in [0.717, 1.165) is 32.0 Å². The molecule has 3 fully saturated rings. The van der Waals surface area contributed by atoms with E-state index in [1.807, 2.05) is 0 Å². The molecule has 2 aliphatic carbocycles. The quantitative estimate of drug-likeness (QED) is 0.696. The summed E-state index contributed by atoms with van der Waals surface area (Å²) in [6.45, 7) is 4.01. The lowest BCUT2D eigenvalue weighted by molar-refractivity contribution is -0.126. The molecule has 0 bridgehead atoms. The van der Waals surface area contributed by atoms with Crippen LogP contribution in [-0.2, 0) is 9.53 Å². The Morgan fingerprint density at radius 1 is 1.07 bits per heavy atom. The van der Waals surface area contributed by atoms with E-state index in [4.69, 9.17) is 4.74 Å². The second-order valence-electron chi connectivity index (χ2n) is 5.75. The first kappa shape index (κ1) is 9.83. The molecule has 0 amide bonds. The van der Waals surface area contributed by atoms with E-state index in [1.54, 1.807) is 0 Å². The van der Waals surface area contributed by atoms with Gasteiger partial charge in [0.05, 0.1) is 13.2 Å². The molecule has 1 saturated heterocycles. The van der Waals surface area contributed by atoms with Crippen molar-refractivity contribution in [3.05, 3.63) is 0 Å². The molecule has 1 aliphatic heterocycles. The van der Waals surface area contributed by atoms with Crippen LogP contribution in [-0.4, -0.2) is 19.0 Å². The highest BCUT2D eigenvalue weighted by Crippen LogP contribution is 2.53. The fraction of sp³-hybridized carbons (Fsp3) is 0.923. The lowest BCUT2D eigenvalue weighted by Crippen LogP contribution is -2.24. The summed E-state index contributed by atoms with van der Waals surface area (Å²) in [5, 5.41) is 0. The Kier molecular flexibility index (Phi) is 2.35. The van der Waals surface area contributed by atoms with E-state index in [-0.39, 0.29) is 0 Å². The van der Waals surface area contributed by atoms with Crippen molar-refractivity contribution in [1.82, 2.24) is 0 Å². The average Bonchev–Trinajstić information content (AvgIpc) is 2.72. The molecule has 2 heteroatoms. The standard InChI is InChI=1S/C13H20O2/c1-8-2-4-9(5-3-8)13(14)12-10-6-15-7-11(10)12/h8-12H,2-7H2,1H3. The highest BCUT2D eigenvalue weighted by molar-refractivity contribution is 5.86. The van der Waals surface area contributed by atoms with Gasteiger partial charge < -0.3 is 4.74 Å². The Morgan fingerprint density at radius 3 is 2.27 bits per heavy atom. The fourth-order valence-electron chi connectivity index (χ4n) is 3.48.